The lowest BCUT2D eigenvalue weighted by molar-refractivity contribution is -0.117. The number of fused-ring (bicyclic) bond motifs is 1. The van der Waals surface area contributed by atoms with Crippen LogP contribution in [0.15, 0.2) is 30.5 Å². The zero-order chi connectivity index (χ0) is 13.2. The van der Waals surface area contributed by atoms with Gasteiger partial charge in [-0.1, -0.05) is 11.6 Å². The zero-order valence-electron chi connectivity index (χ0n) is 10.3. The monoisotopic (exact) mass is 275 g/mol. The van der Waals surface area contributed by atoms with Gasteiger partial charge in [-0.2, -0.15) is 0 Å². The molecule has 2 aromatic rings. The molecule has 3 rings (SSSR count). The zero-order valence-corrected chi connectivity index (χ0v) is 11.1. The van der Waals surface area contributed by atoms with Crippen LogP contribution in [0.3, 0.4) is 0 Å². The number of pyridine rings is 1. The van der Waals surface area contributed by atoms with E-state index in [-0.39, 0.29) is 5.91 Å². The molecule has 1 aromatic carbocycles. The molecule has 19 heavy (non-hydrogen) atoms. The van der Waals surface area contributed by atoms with E-state index in [1.54, 1.807) is 18.3 Å². The normalized spacial score (nSPS) is 15.2. The van der Waals surface area contributed by atoms with Crippen LogP contribution in [0.4, 0.5) is 5.69 Å². The third kappa shape index (κ3) is 2.55. The summed E-state index contributed by atoms with van der Waals surface area (Å²) < 4.78 is 0. The fourth-order valence-electron chi connectivity index (χ4n) is 2.19. The number of hydrogen-bond donors (Lipinski definition) is 2. The average molecular weight is 276 g/mol. The number of nitrogens with zero attached hydrogens (tertiary/aromatic N) is 1. The molecule has 5 heteroatoms. The fraction of sp³-hybridized carbons (Fsp3) is 0.286. The van der Waals surface area contributed by atoms with E-state index in [0.29, 0.717) is 17.4 Å². The van der Waals surface area contributed by atoms with Gasteiger partial charge in [0.25, 0.3) is 0 Å². The van der Waals surface area contributed by atoms with Crippen LogP contribution in [0.5, 0.6) is 0 Å². The molecule has 0 radical (unpaired) electrons. The quantitative estimate of drug-likeness (QED) is 0.905. The smallest absolute Gasteiger partial charge is 0.224 e. The second-order valence-corrected chi connectivity index (χ2v) is 5.18. The molecule has 1 amide bonds. The lowest BCUT2D eigenvalue weighted by atomic mass is 9.99. The Bertz CT molecular complexity index is 625. The molecule has 0 spiro atoms. The van der Waals surface area contributed by atoms with Crippen LogP contribution in [-0.2, 0) is 4.79 Å². The van der Waals surface area contributed by atoms with E-state index in [0.717, 1.165) is 29.7 Å². The maximum atomic E-state index is 11.9. The molecule has 1 aliphatic rings. The molecule has 1 saturated heterocycles. The molecule has 0 aliphatic carbocycles. The molecular formula is C14H14ClN3O. The third-order valence-corrected chi connectivity index (χ3v) is 3.66. The number of hydrogen-bond acceptors (Lipinski definition) is 3. The van der Waals surface area contributed by atoms with Crippen molar-refractivity contribution in [3.05, 3.63) is 35.5 Å². The van der Waals surface area contributed by atoms with Crippen LogP contribution in [0.1, 0.15) is 6.42 Å². The van der Waals surface area contributed by atoms with Crippen molar-refractivity contribution in [2.75, 3.05) is 18.4 Å². The Hall–Kier alpha value is -1.65. The lowest BCUT2D eigenvalue weighted by Gasteiger charge is -2.26. The first-order valence-corrected chi connectivity index (χ1v) is 6.65. The molecule has 1 aliphatic heterocycles. The van der Waals surface area contributed by atoms with Gasteiger partial charge in [-0.25, -0.2) is 0 Å². The highest BCUT2D eigenvalue weighted by Gasteiger charge is 2.20. The van der Waals surface area contributed by atoms with Gasteiger partial charge in [0, 0.05) is 18.0 Å². The summed E-state index contributed by atoms with van der Waals surface area (Å²) in [5.41, 5.74) is 1.45. The van der Waals surface area contributed by atoms with Gasteiger partial charge in [0.05, 0.1) is 16.2 Å². The van der Waals surface area contributed by atoms with Gasteiger partial charge in [-0.15, -0.1) is 0 Å². The number of nitrogens with one attached hydrogen (secondary N) is 2. The second kappa shape index (κ2) is 5.15. The highest BCUT2D eigenvalue weighted by atomic mass is 35.5. The van der Waals surface area contributed by atoms with Gasteiger partial charge in [0.1, 0.15) is 0 Å². The van der Waals surface area contributed by atoms with Crippen LogP contribution < -0.4 is 10.6 Å². The molecule has 2 heterocycles. The second-order valence-electron chi connectivity index (χ2n) is 4.77. The van der Waals surface area contributed by atoms with Crippen molar-refractivity contribution in [1.82, 2.24) is 10.3 Å². The van der Waals surface area contributed by atoms with E-state index in [4.69, 9.17) is 11.6 Å². The van der Waals surface area contributed by atoms with Crippen molar-refractivity contribution in [1.29, 1.82) is 0 Å². The molecule has 98 valence electrons. The van der Waals surface area contributed by atoms with E-state index in [2.05, 4.69) is 15.6 Å². The van der Waals surface area contributed by atoms with Crippen LogP contribution in [0.25, 0.3) is 10.9 Å². The summed E-state index contributed by atoms with van der Waals surface area (Å²) in [6, 6.07) is 7.32. The maximum Gasteiger partial charge on any atom is 0.224 e. The minimum atomic E-state index is 0.0285. The van der Waals surface area contributed by atoms with E-state index in [1.165, 1.54) is 0 Å². The van der Waals surface area contributed by atoms with Crippen molar-refractivity contribution in [2.45, 2.75) is 6.42 Å². The van der Waals surface area contributed by atoms with Gasteiger partial charge in [0.15, 0.2) is 0 Å². The largest absolute Gasteiger partial charge is 0.324 e. The number of halogens is 1. The highest BCUT2D eigenvalue weighted by Crippen LogP contribution is 2.28. The standard InChI is InChI=1S/C14H14ClN3O/c15-11-3-4-12(14-10(11)2-1-5-17-14)18-13(19)6-9-7-16-8-9/h1-5,9,16H,6-8H2,(H,18,19). The van der Waals surface area contributed by atoms with Crippen molar-refractivity contribution in [2.24, 2.45) is 5.92 Å². The summed E-state index contributed by atoms with van der Waals surface area (Å²) in [5.74, 6) is 0.479. The van der Waals surface area contributed by atoms with Crippen LogP contribution in [-0.4, -0.2) is 24.0 Å². The topological polar surface area (TPSA) is 54.0 Å². The first-order valence-electron chi connectivity index (χ1n) is 6.28. The number of aromatic nitrogens is 1. The van der Waals surface area contributed by atoms with Gasteiger partial charge in [0.2, 0.25) is 5.91 Å². The van der Waals surface area contributed by atoms with E-state index < -0.39 is 0 Å². The Morgan fingerprint density at radius 2 is 2.26 bits per heavy atom. The molecule has 1 aromatic heterocycles. The van der Waals surface area contributed by atoms with Gasteiger partial charge in [-0.3, -0.25) is 9.78 Å². The average Bonchev–Trinajstić information content (AvgIpc) is 2.38. The molecule has 2 N–H and O–H groups in total. The number of benzene rings is 1. The number of rotatable bonds is 3. The van der Waals surface area contributed by atoms with Crippen LogP contribution >= 0.6 is 11.6 Å². The minimum Gasteiger partial charge on any atom is -0.324 e. The summed E-state index contributed by atoms with van der Waals surface area (Å²) >= 11 is 6.12. The Morgan fingerprint density at radius 1 is 1.42 bits per heavy atom. The molecule has 0 bridgehead atoms. The van der Waals surface area contributed by atoms with Crippen molar-refractivity contribution in [3.63, 3.8) is 0 Å². The summed E-state index contributed by atoms with van der Waals surface area (Å²) in [6.45, 7) is 1.85. The summed E-state index contributed by atoms with van der Waals surface area (Å²) in [7, 11) is 0. The summed E-state index contributed by atoms with van der Waals surface area (Å²) in [6.07, 6.45) is 2.24. The maximum absolute atomic E-state index is 11.9. The number of anilines is 1. The van der Waals surface area contributed by atoms with Gasteiger partial charge < -0.3 is 10.6 Å². The summed E-state index contributed by atoms with van der Waals surface area (Å²) in [5, 5.41) is 7.58. The molecule has 0 atom stereocenters. The van der Waals surface area contributed by atoms with Crippen molar-refractivity contribution >= 4 is 34.1 Å². The van der Waals surface area contributed by atoms with E-state index in [1.807, 2.05) is 12.1 Å². The SMILES string of the molecule is O=C(CC1CNC1)Nc1ccc(Cl)c2cccnc12. The molecule has 1 fully saturated rings. The Labute approximate surface area is 116 Å². The molecule has 4 nitrogen and oxygen atoms in total. The molecule has 0 unspecified atom stereocenters. The Morgan fingerprint density at radius 3 is 3.00 bits per heavy atom. The van der Waals surface area contributed by atoms with Crippen molar-refractivity contribution < 1.29 is 4.79 Å². The van der Waals surface area contributed by atoms with E-state index in [9.17, 15) is 4.79 Å². The Kier molecular flexibility index (Phi) is 3.36. The first kappa shape index (κ1) is 12.4. The van der Waals surface area contributed by atoms with Gasteiger partial charge >= 0.3 is 0 Å². The number of amides is 1. The third-order valence-electron chi connectivity index (χ3n) is 3.33. The predicted octanol–water partition coefficient (Wildman–Crippen LogP) is 2.44. The predicted molar refractivity (Wildman–Crippen MR) is 76.4 cm³/mol. The molecule has 0 saturated carbocycles. The van der Waals surface area contributed by atoms with E-state index >= 15 is 0 Å². The molecular weight excluding hydrogens is 262 g/mol. The number of carbonyl (C=O) groups is 1. The van der Waals surface area contributed by atoms with Gasteiger partial charge in [-0.05, 0) is 43.3 Å². The lowest BCUT2D eigenvalue weighted by Crippen LogP contribution is -2.43. The van der Waals surface area contributed by atoms with Crippen LogP contribution in [0.2, 0.25) is 5.02 Å². The minimum absolute atomic E-state index is 0.0285. The highest BCUT2D eigenvalue weighted by molar-refractivity contribution is 6.35. The summed E-state index contributed by atoms with van der Waals surface area (Å²) in [4.78, 5) is 16.2. The van der Waals surface area contributed by atoms with Crippen molar-refractivity contribution in [3.8, 4) is 0 Å². The fourth-order valence-corrected chi connectivity index (χ4v) is 2.41. The number of carbonyl (C=O) groups excluding carboxylic acids is 1. The Balaban J connectivity index is 1.84. The van der Waals surface area contributed by atoms with Crippen LogP contribution in [0, 0.1) is 5.92 Å². The first-order chi connectivity index (χ1) is 9.24.